The van der Waals surface area contributed by atoms with Crippen LogP contribution in [0.5, 0.6) is 5.75 Å². The molecule has 0 spiro atoms. The molecule has 0 bridgehead atoms. The summed E-state index contributed by atoms with van der Waals surface area (Å²) in [4.78, 5) is 31.9. The summed E-state index contributed by atoms with van der Waals surface area (Å²) in [6, 6.07) is 13.2. The van der Waals surface area contributed by atoms with E-state index in [9.17, 15) is 9.59 Å². The molecule has 0 saturated carbocycles. The molecule has 1 N–H and O–H groups in total. The Morgan fingerprint density at radius 3 is 2.91 bits per heavy atom. The molecule has 9 heteroatoms. The number of aromatic nitrogens is 1. The Hall–Kier alpha value is -3.98. The van der Waals surface area contributed by atoms with Gasteiger partial charge >= 0.3 is 0 Å². The molecule has 0 saturated heterocycles. The Balaban J connectivity index is 1.68. The molecular weight excluding hydrogens is 438 g/mol. The van der Waals surface area contributed by atoms with E-state index in [-0.39, 0.29) is 18.4 Å². The number of likely N-dealkylation sites (N-methyl/N-ethyl adjacent to an activating group) is 1. The van der Waals surface area contributed by atoms with Gasteiger partial charge in [0, 0.05) is 23.1 Å². The van der Waals surface area contributed by atoms with Crippen LogP contribution in [0.2, 0.25) is 0 Å². The zero-order valence-corrected chi connectivity index (χ0v) is 18.8. The number of benzene rings is 2. The standard InChI is InChI=1S/C24H21N5O3S/c1-3-11-25-24-29(27-22-16-7-5-6-8-18(16)28(4-2)23(22)31)19(14-33-24)15-9-10-20-17(12-15)26-21(30)13-32-20/h3,5-10,12,14H,1,4,11,13H2,2H3,(H,26,30). The fourth-order valence-corrected chi connectivity index (χ4v) is 4.70. The number of carbonyl (C=O) groups excluding carboxylic acids is 2. The number of thiazole rings is 1. The highest BCUT2D eigenvalue weighted by molar-refractivity contribution is 7.07. The zero-order valence-electron chi connectivity index (χ0n) is 17.9. The third-order valence-electron chi connectivity index (χ3n) is 5.36. The number of amides is 2. The van der Waals surface area contributed by atoms with Gasteiger partial charge in [0.05, 0.1) is 23.6 Å². The highest BCUT2D eigenvalue weighted by Crippen LogP contribution is 2.34. The minimum Gasteiger partial charge on any atom is -0.482 e. The van der Waals surface area contributed by atoms with Gasteiger partial charge in [-0.3, -0.25) is 14.6 Å². The zero-order chi connectivity index (χ0) is 22.9. The lowest BCUT2D eigenvalue weighted by Gasteiger charge is -2.18. The van der Waals surface area contributed by atoms with Crippen molar-refractivity contribution < 1.29 is 14.3 Å². The van der Waals surface area contributed by atoms with Crippen molar-refractivity contribution in [2.75, 3.05) is 29.9 Å². The number of fused-ring (bicyclic) bond motifs is 2. The molecule has 2 aliphatic rings. The molecular formula is C24H21N5O3S. The van der Waals surface area contributed by atoms with E-state index in [2.05, 4.69) is 16.9 Å². The quantitative estimate of drug-likeness (QED) is 0.594. The Bertz CT molecular complexity index is 1380. The summed E-state index contributed by atoms with van der Waals surface area (Å²) in [5, 5.41) is 9.57. The van der Waals surface area contributed by atoms with Gasteiger partial charge in [0.15, 0.2) is 12.3 Å². The van der Waals surface area contributed by atoms with E-state index in [4.69, 9.17) is 9.84 Å². The van der Waals surface area contributed by atoms with Crippen molar-refractivity contribution in [2.45, 2.75) is 6.92 Å². The number of rotatable bonds is 5. The van der Waals surface area contributed by atoms with Gasteiger partial charge in [-0.05, 0) is 31.2 Å². The number of carbonyl (C=O) groups is 2. The Morgan fingerprint density at radius 1 is 1.24 bits per heavy atom. The summed E-state index contributed by atoms with van der Waals surface area (Å²) in [5.74, 6) is 0.262. The molecule has 33 heavy (non-hydrogen) atoms. The van der Waals surface area contributed by atoms with Gasteiger partial charge in [-0.25, -0.2) is 4.68 Å². The summed E-state index contributed by atoms with van der Waals surface area (Å²) >= 11 is 1.42. The normalized spacial score (nSPS) is 16.5. The van der Waals surface area contributed by atoms with Crippen LogP contribution in [-0.4, -0.2) is 41.9 Å². The first-order valence-corrected chi connectivity index (χ1v) is 11.4. The largest absolute Gasteiger partial charge is 0.482 e. The molecule has 3 heterocycles. The highest BCUT2D eigenvalue weighted by atomic mass is 32.1. The number of hydrogen-bond acceptors (Lipinski definition) is 6. The molecule has 0 atom stereocenters. The van der Waals surface area contributed by atoms with Crippen molar-refractivity contribution in [3.8, 4) is 17.0 Å². The molecule has 2 amide bonds. The van der Waals surface area contributed by atoms with Crippen LogP contribution in [0.15, 0.2) is 70.6 Å². The van der Waals surface area contributed by atoms with Crippen LogP contribution in [0, 0.1) is 0 Å². The van der Waals surface area contributed by atoms with E-state index >= 15 is 0 Å². The molecule has 0 unspecified atom stereocenters. The Labute approximate surface area is 194 Å². The molecule has 166 valence electrons. The maximum atomic E-state index is 13.2. The summed E-state index contributed by atoms with van der Waals surface area (Å²) in [6.07, 6.45) is 1.71. The van der Waals surface area contributed by atoms with Gasteiger partial charge < -0.3 is 15.0 Å². The number of hydrogen-bond donors (Lipinski definition) is 1. The lowest BCUT2D eigenvalue weighted by Crippen LogP contribution is -2.30. The third-order valence-corrected chi connectivity index (χ3v) is 6.22. The summed E-state index contributed by atoms with van der Waals surface area (Å²) in [6.45, 7) is 6.65. The molecule has 0 fully saturated rings. The van der Waals surface area contributed by atoms with Gasteiger partial charge in [-0.1, -0.05) is 24.3 Å². The minimum absolute atomic E-state index is 0.00151. The Kier molecular flexibility index (Phi) is 5.39. The van der Waals surface area contributed by atoms with E-state index in [1.54, 1.807) is 15.7 Å². The maximum Gasteiger partial charge on any atom is 0.279 e. The van der Waals surface area contributed by atoms with Crippen molar-refractivity contribution >= 4 is 40.2 Å². The minimum atomic E-state index is -0.201. The van der Waals surface area contributed by atoms with E-state index in [1.165, 1.54) is 11.3 Å². The van der Waals surface area contributed by atoms with Crippen molar-refractivity contribution in [3.05, 3.63) is 70.9 Å². The molecule has 5 rings (SSSR count). The van der Waals surface area contributed by atoms with Gasteiger partial charge in [0.25, 0.3) is 11.8 Å². The third kappa shape index (κ3) is 3.66. The lowest BCUT2D eigenvalue weighted by molar-refractivity contribution is -0.118. The number of para-hydroxylation sites is 1. The fourth-order valence-electron chi connectivity index (χ4n) is 3.86. The first kappa shape index (κ1) is 20.9. The van der Waals surface area contributed by atoms with Crippen LogP contribution in [0.1, 0.15) is 12.5 Å². The second-order valence-corrected chi connectivity index (χ2v) is 8.24. The van der Waals surface area contributed by atoms with E-state index < -0.39 is 0 Å². The van der Waals surface area contributed by atoms with Crippen LogP contribution in [-0.2, 0) is 9.59 Å². The lowest BCUT2D eigenvalue weighted by atomic mass is 10.1. The predicted octanol–water partition coefficient (Wildman–Crippen LogP) is 3.25. The van der Waals surface area contributed by atoms with Crippen LogP contribution >= 0.6 is 11.3 Å². The van der Waals surface area contributed by atoms with Gasteiger partial charge in [0.2, 0.25) is 4.80 Å². The molecule has 3 aromatic rings. The average Bonchev–Trinajstić information content (AvgIpc) is 3.35. The van der Waals surface area contributed by atoms with Crippen molar-refractivity contribution in [1.29, 1.82) is 0 Å². The number of nitrogens with one attached hydrogen (secondary N) is 1. The molecule has 0 aliphatic carbocycles. The van der Waals surface area contributed by atoms with Crippen molar-refractivity contribution in [3.63, 3.8) is 0 Å². The van der Waals surface area contributed by atoms with Gasteiger partial charge in [-0.15, -0.1) is 17.9 Å². The SMILES string of the molecule is C=CCN=c1scc(-c2ccc3c(c2)NC(=O)CO3)n1N=C1C(=O)N(CC)c2ccccc21. The molecule has 8 nitrogen and oxygen atoms in total. The Morgan fingerprint density at radius 2 is 2.09 bits per heavy atom. The second kappa shape index (κ2) is 8.51. The smallest absolute Gasteiger partial charge is 0.279 e. The maximum absolute atomic E-state index is 13.2. The summed E-state index contributed by atoms with van der Waals surface area (Å²) in [5.41, 5.74) is 4.15. The molecule has 2 aliphatic heterocycles. The van der Waals surface area contributed by atoms with E-state index in [0.717, 1.165) is 22.5 Å². The van der Waals surface area contributed by atoms with E-state index in [1.807, 2.05) is 54.8 Å². The van der Waals surface area contributed by atoms with E-state index in [0.29, 0.717) is 35.0 Å². The highest BCUT2D eigenvalue weighted by Gasteiger charge is 2.33. The van der Waals surface area contributed by atoms with Crippen LogP contribution < -0.4 is 19.8 Å². The number of nitrogens with zero attached hydrogens (tertiary/aromatic N) is 4. The topological polar surface area (TPSA) is 88.3 Å². The van der Waals surface area contributed by atoms with Crippen LogP contribution in [0.3, 0.4) is 0 Å². The number of ether oxygens (including phenoxy) is 1. The molecule has 1 aromatic heterocycles. The predicted molar refractivity (Wildman–Crippen MR) is 129 cm³/mol. The monoisotopic (exact) mass is 459 g/mol. The van der Waals surface area contributed by atoms with Gasteiger partial charge in [0.1, 0.15) is 5.75 Å². The van der Waals surface area contributed by atoms with Crippen LogP contribution in [0.25, 0.3) is 11.3 Å². The molecule has 0 radical (unpaired) electrons. The van der Waals surface area contributed by atoms with Crippen LogP contribution in [0.4, 0.5) is 11.4 Å². The number of anilines is 2. The summed E-state index contributed by atoms with van der Waals surface area (Å²) < 4.78 is 7.16. The van der Waals surface area contributed by atoms with Crippen molar-refractivity contribution in [1.82, 2.24) is 4.68 Å². The van der Waals surface area contributed by atoms with Crippen molar-refractivity contribution in [2.24, 2.45) is 10.1 Å². The van der Waals surface area contributed by atoms with Gasteiger partial charge in [-0.2, -0.15) is 5.10 Å². The average molecular weight is 460 g/mol. The fraction of sp³-hybridized carbons (Fsp3) is 0.167. The first-order chi connectivity index (χ1) is 16.1. The first-order valence-electron chi connectivity index (χ1n) is 10.5. The summed E-state index contributed by atoms with van der Waals surface area (Å²) in [7, 11) is 0. The molecule has 2 aromatic carbocycles. The second-order valence-electron chi connectivity index (χ2n) is 7.41.